The predicted octanol–water partition coefficient (Wildman–Crippen LogP) is 1.57. The lowest BCUT2D eigenvalue weighted by atomic mass is 10.1. The van der Waals surface area contributed by atoms with E-state index in [1.54, 1.807) is 63.4 Å². The van der Waals surface area contributed by atoms with E-state index in [0.29, 0.717) is 0 Å². The third-order valence-electron chi connectivity index (χ3n) is 5.41. The highest BCUT2D eigenvalue weighted by Gasteiger charge is 2.49. The normalized spacial score (nSPS) is 24.2. The summed E-state index contributed by atoms with van der Waals surface area (Å²) < 4.78 is 37.4. The largest absolute Gasteiger partial charge is 0.463 e. The fourth-order valence-corrected chi connectivity index (χ4v) is 5.48. The number of aromatic nitrogens is 1. The van der Waals surface area contributed by atoms with Gasteiger partial charge in [0.05, 0.1) is 24.8 Å². The number of carbonyl (C=O) groups excluding carboxylic acids is 2. The molecule has 11 nitrogen and oxygen atoms in total. The van der Waals surface area contributed by atoms with Crippen molar-refractivity contribution in [1.82, 2.24) is 0 Å². The first-order valence-corrected chi connectivity index (χ1v) is 13.2. The van der Waals surface area contributed by atoms with Crippen molar-refractivity contribution in [3.8, 4) is 5.75 Å². The van der Waals surface area contributed by atoms with E-state index < -0.39 is 56.5 Å². The van der Waals surface area contributed by atoms with Gasteiger partial charge in [-0.1, -0.05) is 25.1 Å². The van der Waals surface area contributed by atoms with Crippen molar-refractivity contribution in [2.24, 2.45) is 11.7 Å². The molecule has 6 atom stereocenters. The Morgan fingerprint density at radius 3 is 2.44 bits per heavy atom. The number of nitrogens with two attached hydrogens (primary N) is 1. The molecule has 1 aliphatic rings. The van der Waals surface area contributed by atoms with Crippen LogP contribution >= 0.6 is 7.60 Å². The van der Waals surface area contributed by atoms with Crippen LogP contribution < -0.4 is 14.8 Å². The van der Waals surface area contributed by atoms with Gasteiger partial charge in [-0.2, -0.15) is 4.57 Å². The van der Waals surface area contributed by atoms with Gasteiger partial charge in [-0.25, -0.2) is 4.57 Å². The monoisotopic (exact) mass is 523 g/mol. The molecule has 196 valence electrons. The van der Waals surface area contributed by atoms with Crippen molar-refractivity contribution in [3.63, 3.8) is 0 Å². The van der Waals surface area contributed by atoms with Crippen LogP contribution in [-0.4, -0.2) is 59.3 Å². The van der Waals surface area contributed by atoms with E-state index in [-0.39, 0.29) is 23.6 Å². The first-order chi connectivity index (χ1) is 17.0. The molecule has 36 heavy (non-hydrogen) atoms. The van der Waals surface area contributed by atoms with Gasteiger partial charge >= 0.3 is 13.6 Å². The number of hydrogen-bond donors (Lipinski definition) is 3. The molecule has 0 bridgehead atoms. The number of hydrogen-bond acceptors (Lipinski definition) is 9. The SMILES string of the molecule is CC(C)OC(=O)[C@H](C)CP(=O)(OC[C@H]1O[C@@H]([n+]2cccc(C(N)=O)c2)[C@H](O)[C@@H]1O)Oc1ccccc1. The number of aliphatic hydroxyl groups is 2. The van der Waals surface area contributed by atoms with Gasteiger partial charge in [0.1, 0.15) is 23.5 Å². The number of pyridine rings is 1. The maximum atomic E-state index is 13.7. The van der Waals surface area contributed by atoms with Crippen LogP contribution in [0.15, 0.2) is 54.9 Å². The van der Waals surface area contributed by atoms with Crippen molar-refractivity contribution in [2.45, 2.75) is 51.4 Å². The molecule has 2 aromatic rings. The molecular weight excluding hydrogens is 491 g/mol. The third kappa shape index (κ3) is 7.11. The highest BCUT2D eigenvalue weighted by Crippen LogP contribution is 2.50. The van der Waals surface area contributed by atoms with Crippen LogP contribution in [0.1, 0.15) is 37.4 Å². The minimum absolute atomic E-state index is 0.186. The number of esters is 1. The van der Waals surface area contributed by atoms with Crippen LogP contribution in [0.4, 0.5) is 0 Å². The van der Waals surface area contributed by atoms with Crippen molar-refractivity contribution < 1.29 is 47.5 Å². The summed E-state index contributed by atoms with van der Waals surface area (Å²) in [6.07, 6.45) is -2.60. The van der Waals surface area contributed by atoms with E-state index in [4.69, 9.17) is 24.3 Å². The van der Waals surface area contributed by atoms with Crippen molar-refractivity contribution >= 4 is 19.5 Å². The molecule has 1 amide bonds. The molecule has 2 heterocycles. The summed E-state index contributed by atoms with van der Waals surface area (Å²) in [4.78, 5) is 23.8. The molecular formula is C24H32N2O9P+. The molecule has 1 aromatic heterocycles. The highest BCUT2D eigenvalue weighted by atomic mass is 31.2. The lowest BCUT2D eigenvalue weighted by molar-refractivity contribution is -0.765. The minimum atomic E-state index is -3.95. The van der Waals surface area contributed by atoms with Gasteiger partial charge in [-0.15, -0.1) is 0 Å². The Balaban J connectivity index is 1.74. The van der Waals surface area contributed by atoms with E-state index >= 15 is 0 Å². The number of carbonyl (C=O) groups is 2. The molecule has 1 fully saturated rings. The Kier molecular flexibility index (Phi) is 9.21. The van der Waals surface area contributed by atoms with Crippen LogP contribution in [0.3, 0.4) is 0 Å². The second kappa shape index (κ2) is 11.9. The van der Waals surface area contributed by atoms with E-state index in [0.717, 1.165) is 0 Å². The maximum Gasteiger partial charge on any atom is 0.380 e. The Morgan fingerprint density at radius 1 is 1.11 bits per heavy atom. The molecule has 0 spiro atoms. The molecule has 12 heteroatoms. The molecule has 1 aromatic carbocycles. The van der Waals surface area contributed by atoms with Gasteiger partial charge in [-0.05, 0) is 32.0 Å². The van der Waals surface area contributed by atoms with Gasteiger partial charge in [0.15, 0.2) is 18.5 Å². The molecule has 4 N–H and O–H groups in total. The number of para-hydroxylation sites is 1. The predicted molar refractivity (Wildman–Crippen MR) is 127 cm³/mol. The van der Waals surface area contributed by atoms with Crippen molar-refractivity contribution in [2.75, 3.05) is 12.8 Å². The molecule has 0 aliphatic carbocycles. The second-order valence-electron chi connectivity index (χ2n) is 8.83. The number of primary amides is 1. The van der Waals surface area contributed by atoms with Gasteiger partial charge in [-0.3, -0.25) is 14.1 Å². The minimum Gasteiger partial charge on any atom is -0.463 e. The van der Waals surface area contributed by atoms with E-state index in [1.165, 1.54) is 16.8 Å². The van der Waals surface area contributed by atoms with Gasteiger partial charge in [0.2, 0.25) is 0 Å². The first kappa shape index (κ1) is 27.8. The number of aliphatic hydroxyl groups excluding tert-OH is 2. The summed E-state index contributed by atoms with van der Waals surface area (Å²) in [5.74, 6) is -1.75. The summed E-state index contributed by atoms with van der Waals surface area (Å²) in [6.45, 7) is 4.57. The van der Waals surface area contributed by atoms with E-state index in [9.17, 15) is 24.4 Å². The molecule has 0 saturated carbocycles. The summed E-state index contributed by atoms with van der Waals surface area (Å²) >= 11 is 0. The number of amides is 1. The maximum absolute atomic E-state index is 13.7. The molecule has 0 radical (unpaired) electrons. The highest BCUT2D eigenvalue weighted by molar-refractivity contribution is 7.54. The van der Waals surface area contributed by atoms with Gasteiger partial charge < -0.3 is 29.9 Å². The summed E-state index contributed by atoms with van der Waals surface area (Å²) in [5, 5.41) is 21.1. The number of ether oxygens (including phenoxy) is 2. The summed E-state index contributed by atoms with van der Waals surface area (Å²) in [5.41, 5.74) is 5.50. The number of benzene rings is 1. The zero-order chi connectivity index (χ0) is 26.5. The quantitative estimate of drug-likeness (QED) is 0.226. The first-order valence-electron chi connectivity index (χ1n) is 11.5. The average Bonchev–Trinajstić information content (AvgIpc) is 3.11. The van der Waals surface area contributed by atoms with E-state index in [2.05, 4.69) is 0 Å². The fraction of sp³-hybridized carbons (Fsp3) is 0.458. The molecule has 1 aliphatic heterocycles. The number of nitrogens with zero attached hydrogens (tertiary/aromatic N) is 1. The van der Waals surface area contributed by atoms with Crippen LogP contribution in [0, 0.1) is 5.92 Å². The molecule has 1 saturated heterocycles. The van der Waals surface area contributed by atoms with Crippen molar-refractivity contribution in [1.29, 1.82) is 0 Å². The average molecular weight is 523 g/mol. The van der Waals surface area contributed by atoms with Crippen molar-refractivity contribution in [3.05, 3.63) is 60.4 Å². The Hall–Kier alpha value is -2.82. The van der Waals surface area contributed by atoms with Crippen LogP contribution in [0.2, 0.25) is 0 Å². The third-order valence-corrected chi connectivity index (χ3v) is 7.44. The lowest BCUT2D eigenvalue weighted by Gasteiger charge is -2.24. The molecule has 1 unspecified atom stereocenters. The topological polar surface area (TPSA) is 158 Å². The summed E-state index contributed by atoms with van der Waals surface area (Å²) in [7, 11) is -3.95. The Morgan fingerprint density at radius 2 is 1.81 bits per heavy atom. The molecule has 3 rings (SSSR count). The summed E-state index contributed by atoms with van der Waals surface area (Å²) in [6, 6.07) is 11.4. The zero-order valence-electron chi connectivity index (χ0n) is 20.3. The number of rotatable bonds is 11. The zero-order valence-corrected chi connectivity index (χ0v) is 21.2. The van der Waals surface area contributed by atoms with E-state index in [1.807, 2.05) is 0 Å². The van der Waals surface area contributed by atoms with Crippen LogP contribution in [0.5, 0.6) is 5.75 Å². The second-order valence-corrected chi connectivity index (χ2v) is 10.9. The standard InChI is InChI=1S/C24H31N2O9P/c1-15(2)33-24(30)16(3)14-36(31,35-18-9-5-4-6-10-18)32-13-19-20(27)21(28)23(34-19)26-11-7-8-17(12-26)22(25)29/h4-12,15-16,19-21,23,27-28H,13-14H2,1-3H3,(H-,25,29)/p+1/t16-,19-,20-,21-,23-,36?/m1/s1. The lowest BCUT2D eigenvalue weighted by Crippen LogP contribution is -2.46. The Labute approximate surface area is 209 Å². The van der Waals surface area contributed by atoms with Crippen LogP contribution in [0.25, 0.3) is 0 Å². The van der Waals surface area contributed by atoms with Gasteiger partial charge in [0, 0.05) is 6.07 Å². The Bertz CT molecular complexity index is 1100. The smallest absolute Gasteiger partial charge is 0.380 e. The van der Waals surface area contributed by atoms with Crippen LogP contribution in [-0.2, 0) is 23.4 Å². The van der Waals surface area contributed by atoms with Gasteiger partial charge in [0.25, 0.3) is 12.1 Å². The fourth-order valence-electron chi connectivity index (χ4n) is 3.61.